The molecule has 0 bridgehead atoms. The third kappa shape index (κ3) is 4.72. The van der Waals surface area contributed by atoms with Crippen LogP contribution < -0.4 is 14.2 Å². The van der Waals surface area contributed by atoms with Gasteiger partial charge in [-0.1, -0.05) is 30.3 Å². The van der Waals surface area contributed by atoms with Crippen molar-refractivity contribution in [2.75, 3.05) is 7.11 Å². The van der Waals surface area contributed by atoms with Gasteiger partial charge in [0.1, 0.15) is 30.4 Å². The first-order valence-corrected chi connectivity index (χ1v) is 11.2. The number of carbonyl (C=O) groups is 1. The molecule has 2 aromatic carbocycles. The van der Waals surface area contributed by atoms with Crippen LogP contribution in [0, 0.1) is 6.92 Å². The second kappa shape index (κ2) is 10.2. The lowest BCUT2D eigenvalue weighted by atomic mass is 10.2. The first-order valence-electron chi connectivity index (χ1n) is 11.2. The van der Waals surface area contributed by atoms with E-state index >= 15 is 0 Å². The van der Waals surface area contributed by atoms with Gasteiger partial charge in [0.15, 0.2) is 17.7 Å². The predicted molar refractivity (Wildman–Crippen MR) is 130 cm³/mol. The summed E-state index contributed by atoms with van der Waals surface area (Å²) in [6.07, 6.45) is 2.24. The molecule has 182 valence electrons. The number of furan rings is 1. The highest BCUT2D eigenvalue weighted by Crippen LogP contribution is 2.34. The molecule has 0 aliphatic rings. The normalized spacial score (nSPS) is 10.8. The molecule has 0 radical (unpaired) electrons. The second-order valence-corrected chi connectivity index (χ2v) is 7.81. The molecule has 9 heteroatoms. The van der Waals surface area contributed by atoms with Crippen LogP contribution in [-0.4, -0.2) is 28.2 Å². The largest absolute Gasteiger partial charge is 0.497 e. The van der Waals surface area contributed by atoms with Crippen LogP contribution in [0.3, 0.4) is 0 Å². The first-order chi connectivity index (χ1) is 17.7. The highest BCUT2D eigenvalue weighted by atomic mass is 16.5. The lowest BCUT2D eigenvalue weighted by Crippen LogP contribution is -2.03. The summed E-state index contributed by atoms with van der Waals surface area (Å²) in [4.78, 5) is 16.6. The number of aromatic nitrogens is 3. The Morgan fingerprint density at radius 3 is 2.61 bits per heavy atom. The van der Waals surface area contributed by atoms with Crippen LogP contribution in [0.4, 0.5) is 0 Å². The minimum Gasteiger partial charge on any atom is -0.497 e. The van der Waals surface area contributed by atoms with Gasteiger partial charge in [0.25, 0.3) is 11.8 Å². The molecule has 5 aromatic rings. The number of methoxy groups -OCH3 is 1. The van der Waals surface area contributed by atoms with Crippen LogP contribution in [0.1, 0.15) is 27.5 Å². The molecule has 0 fully saturated rings. The van der Waals surface area contributed by atoms with Gasteiger partial charge in [-0.15, -0.1) is 5.10 Å². The summed E-state index contributed by atoms with van der Waals surface area (Å²) < 4.78 is 30.0. The summed E-state index contributed by atoms with van der Waals surface area (Å²) in [5.74, 6) is 2.53. The molecule has 3 aromatic heterocycles. The molecule has 0 amide bonds. The van der Waals surface area contributed by atoms with Crippen LogP contribution in [0.5, 0.6) is 17.4 Å². The first kappa shape index (κ1) is 23.0. The van der Waals surface area contributed by atoms with Crippen molar-refractivity contribution in [3.63, 3.8) is 0 Å². The van der Waals surface area contributed by atoms with Gasteiger partial charge in [0.05, 0.1) is 19.1 Å². The van der Waals surface area contributed by atoms with E-state index in [4.69, 9.17) is 23.0 Å². The van der Waals surface area contributed by atoms with Gasteiger partial charge >= 0.3 is 0 Å². The van der Waals surface area contributed by atoms with E-state index in [9.17, 15) is 4.79 Å². The highest BCUT2D eigenvalue weighted by Gasteiger charge is 2.23. The maximum atomic E-state index is 12.2. The number of benzene rings is 2. The van der Waals surface area contributed by atoms with E-state index in [1.807, 2.05) is 54.6 Å². The van der Waals surface area contributed by atoms with Crippen molar-refractivity contribution in [3.8, 4) is 34.7 Å². The topological polar surface area (TPSA) is 102 Å². The predicted octanol–water partition coefficient (Wildman–Crippen LogP) is 5.41. The standard InChI is InChI=1S/C27H23N3O6/c1-18-22(28-26(36-18)24-12-7-13-33-24)17-34-25-23(15-31)30(20-9-4-3-5-10-20)29-27(25)35-16-19-8-6-11-21(14-19)32-2/h3-15H,16-17H2,1-2H3. The molecular formula is C27H23N3O6. The molecule has 36 heavy (non-hydrogen) atoms. The number of oxazole rings is 1. The molecule has 3 heterocycles. The van der Waals surface area contributed by atoms with Crippen molar-refractivity contribution in [1.29, 1.82) is 0 Å². The van der Waals surface area contributed by atoms with Crippen LogP contribution in [-0.2, 0) is 13.2 Å². The zero-order valence-electron chi connectivity index (χ0n) is 19.7. The Kier molecular flexibility index (Phi) is 6.53. The molecule has 0 spiro atoms. The van der Waals surface area contributed by atoms with E-state index in [0.717, 1.165) is 5.56 Å². The number of aldehydes is 1. The summed E-state index contributed by atoms with van der Waals surface area (Å²) >= 11 is 0. The number of rotatable bonds is 10. The van der Waals surface area contributed by atoms with Gasteiger partial charge < -0.3 is 23.0 Å². The van der Waals surface area contributed by atoms with E-state index in [1.54, 1.807) is 32.4 Å². The number of carbonyl (C=O) groups excluding carboxylic acids is 1. The van der Waals surface area contributed by atoms with Crippen molar-refractivity contribution in [3.05, 3.63) is 95.7 Å². The zero-order chi connectivity index (χ0) is 24.9. The van der Waals surface area contributed by atoms with E-state index < -0.39 is 0 Å². The maximum absolute atomic E-state index is 12.2. The number of nitrogens with zero attached hydrogens (tertiary/aromatic N) is 3. The Morgan fingerprint density at radius 1 is 1.00 bits per heavy atom. The molecule has 0 aliphatic heterocycles. The third-order valence-electron chi connectivity index (χ3n) is 5.45. The van der Waals surface area contributed by atoms with Crippen molar-refractivity contribution >= 4 is 6.29 Å². The Hall–Kier alpha value is -4.79. The zero-order valence-corrected chi connectivity index (χ0v) is 19.7. The number of hydrogen-bond donors (Lipinski definition) is 0. The Bertz CT molecular complexity index is 1450. The quantitative estimate of drug-likeness (QED) is 0.242. The fourth-order valence-electron chi connectivity index (χ4n) is 3.62. The number of ether oxygens (including phenoxy) is 3. The lowest BCUT2D eigenvalue weighted by molar-refractivity contribution is 0.111. The second-order valence-electron chi connectivity index (χ2n) is 7.81. The molecule has 0 saturated carbocycles. The molecule has 9 nitrogen and oxygen atoms in total. The van der Waals surface area contributed by atoms with Crippen LogP contribution >= 0.6 is 0 Å². The van der Waals surface area contributed by atoms with Gasteiger partial charge in [-0.2, -0.15) is 0 Å². The van der Waals surface area contributed by atoms with E-state index in [0.29, 0.717) is 40.8 Å². The van der Waals surface area contributed by atoms with E-state index in [2.05, 4.69) is 10.1 Å². The maximum Gasteiger partial charge on any atom is 0.277 e. The lowest BCUT2D eigenvalue weighted by Gasteiger charge is -2.08. The van der Waals surface area contributed by atoms with Crippen molar-refractivity contribution < 1.29 is 27.8 Å². The van der Waals surface area contributed by atoms with Crippen LogP contribution in [0.15, 0.2) is 81.8 Å². The van der Waals surface area contributed by atoms with E-state index in [-0.39, 0.29) is 30.5 Å². The van der Waals surface area contributed by atoms with Crippen molar-refractivity contribution in [1.82, 2.24) is 14.8 Å². The molecule has 0 N–H and O–H groups in total. The summed E-state index contributed by atoms with van der Waals surface area (Å²) in [5, 5.41) is 4.54. The number of aryl methyl sites for hydroxylation is 1. The van der Waals surface area contributed by atoms with Gasteiger partial charge in [-0.25, -0.2) is 9.67 Å². The monoisotopic (exact) mass is 485 g/mol. The SMILES string of the molecule is COc1cccc(COc2nn(-c3ccccc3)c(C=O)c2OCc2nc(-c3ccco3)oc2C)c1. The van der Waals surface area contributed by atoms with Gasteiger partial charge in [0, 0.05) is 0 Å². The third-order valence-corrected chi connectivity index (χ3v) is 5.45. The molecule has 0 aliphatic carbocycles. The van der Waals surface area contributed by atoms with Crippen molar-refractivity contribution in [2.24, 2.45) is 0 Å². The molecule has 0 unspecified atom stereocenters. The Morgan fingerprint density at radius 2 is 1.86 bits per heavy atom. The molecule has 5 rings (SSSR count). The van der Waals surface area contributed by atoms with Gasteiger partial charge in [-0.3, -0.25) is 4.79 Å². The fourth-order valence-corrected chi connectivity index (χ4v) is 3.62. The Balaban J connectivity index is 1.45. The van der Waals surface area contributed by atoms with Crippen LogP contribution in [0.25, 0.3) is 17.3 Å². The highest BCUT2D eigenvalue weighted by molar-refractivity contribution is 5.79. The minimum atomic E-state index is 0.0346. The van der Waals surface area contributed by atoms with Crippen LogP contribution in [0.2, 0.25) is 0 Å². The summed E-state index contributed by atoms with van der Waals surface area (Å²) in [6.45, 7) is 2.02. The number of para-hydroxylation sites is 1. The van der Waals surface area contributed by atoms with E-state index in [1.165, 1.54) is 4.68 Å². The smallest absolute Gasteiger partial charge is 0.277 e. The van der Waals surface area contributed by atoms with Gasteiger partial charge in [0.2, 0.25) is 5.75 Å². The summed E-state index contributed by atoms with van der Waals surface area (Å²) in [6, 6.07) is 20.3. The molecular weight excluding hydrogens is 462 g/mol. The van der Waals surface area contributed by atoms with Gasteiger partial charge in [-0.05, 0) is 48.9 Å². The summed E-state index contributed by atoms with van der Waals surface area (Å²) in [7, 11) is 1.60. The summed E-state index contributed by atoms with van der Waals surface area (Å²) in [5.41, 5.74) is 2.34. The minimum absolute atomic E-state index is 0.0346. The van der Waals surface area contributed by atoms with Crippen molar-refractivity contribution in [2.45, 2.75) is 20.1 Å². The fraction of sp³-hybridized carbons (Fsp3) is 0.148. The average molecular weight is 485 g/mol. The average Bonchev–Trinajstić information content (AvgIpc) is 3.65. The molecule has 0 saturated heterocycles. The Labute approximate surface area is 206 Å². The molecule has 0 atom stereocenters. The number of hydrogen-bond acceptors (Lipinski definition) is 8.